The van der Waals surface area contributed by atoms with Crippen LogP contribution in [0.2, 0.25) is 0 Å². The Labute approximate surface area is 202 Å². The molecule has 8 heteroatoms. The minimum absolute atomic E-state index is 0.0876. The van der Waals surface area contributed by atoms with Crippen molar-refractivity contribution < 1.29 is 9.59 Å². The predicted molar refractivity (Wildman–Crippen MR) is 134 cm³/mol. The SMILES string of the molecule is O=C(SC1CCCCC1)C(C(=O)N(CC1=CNC(Cl)S1)c1ccccn1)c1ccccc1. The van der Waals surface area contributed by atoms with E-state index in [0.717, 1.165) is 30.6 Å². The highest BCUT2D eigenvalue weighted by molar-refractivity contribution is 8.14. The topological polar surface area (TPSA) is 62.3 Å². The zero-order valence-corrected chi connectivity index (χ0v) is 20.0. The van der Waals surface area contributed by atoms with Crippen LogP contribution in [0.25, 0.3) is 0 Å². The normalized spacial score (nSPS) is 19.7. The number of amides is 1. The second kappa shape index (κ2) is 11.3. The summed E-state index contributed by atoms with van der Waals surface area (Å²) >= 11 is 8.96. The number of nitrogens with one attached hydrogen (secondary N) is 1. The van der Waals surface area contributed by atoms with Crippen molar-refractivity contribution in [3.8, 4) is 0 Å². The van der Waals surface area contributed by atoms with Gasteiger partial charge in [-0.1, -0.05) is 90.8 Å². The van der Waals surface area contributed by atoms with Crippen molar-refractivity contribution in [1.29, 1.82) is 0 Å². The Morgan fingerprint density at radius 3 is 2.53 bits per heavy atom. The fourth-order valence-corrected chi connectivity index (χ4v) is 6.40. The average Bonchev–Trinajstić information content (AvgIpc) is 3.24. The molecule has 1 N–H and O–H groups in total. The maximum absolute atomic E-state index is 14.0. The summed E-state index contributed by atoms with van der Waals surface area (Å²) in [4.78, 5) is 34.1. The number of hydrogen-bond donors (Lipinski definition) is 1. The molecule has 0 bridgehead atoms. The summed E-state index contributed by atoms with van der Waals surface area (Å²) in [6.45, 7) is 0.307. The van der Waals surface area contributed by atoms with Crippen LogP contribution in [0.5, 0.6) is 0 Å². The Morgan fingerprint density at radius 1 is 1.12 bits per heavy atom. The number of hydrogen-bond acceptors (Lipinski definition) is 6. The van der Waals surface area contributed by atoms with E-state index in [4.69, 9.17) is 11.6 Å². The van der Waals surface area contributed by atoms with E-state index in [2.05, 4.69) is 10.3 Å². The molecule has 1 aliphatic carbocycles. The van der Waals surface area contributed by atoms with Gasteiger partial charge in [-0.2, -0.15) is 0 Å². The van der Waals surface area contributed by atoms with Crippen molar-refractivity contribution in [2.45, 2.75) is 48.1 Å². The lowest BCUT2D eigenvalue weighted by atomic mass is 9.98. The van der Waals surface area contributed by atoms with Crippen LogP contribution in [0, 0.1) is 0 Å². The van der Waals surface area contributed by atoms with Crippen LogP contribution in [0.15, 0.2) is 65.8 Å². The minimum atomic E-state index is -0.878. The zero-order valence-electron chi connectivity index (χ0n) is 17.7. The molecule has 2 atom stereocenters. The maximum atomic E-state index is 14.0. The van der Waals surface area contributed by atoms with Gasteiger partial charge in [-0.25, -0.2) is 4.98 Å². The molecule has 2 heterocycles. The van der Waals surface area contributed by atoms with Crippen LogP contribution in [0.4, 0.5) is 5.82 Å². The van der Waals surface area contributed by atoms with Gasteiger partial charge in [0, 0.05) is 22.6 Å². The molecule has 2 aliphatic rings. The first kappa shape index (κ1) is 23.2. The molecule has 1 aliphatic heterocycles. The molecular weight excluding hydrogens is 462 g/mol. The van der Waals surface area contributed by atoms with Crippen molar-refractivity contribution in [1.82, 2.24) is 10.3 Å². The molecule has 0 saturated heterocycles. The number of benzene rings is 1. The first-order valence-electron chi connectivity index (χ1n) is 10.9. The number of anilines is 1. The van der Waals surface area contributed by atoms with Gasteiger partial charge in [-0.3, -0.25) is 14.5 Å². The Kier molecular flexibility index (Phi) is 8.16. The number of rotatable bonds is 7. The van der Waals surface area contributed by atoms with Gasteiger partial charge in [0.1, 0.15) is 11.7 Å². The molecule has 2 unspecified atom stereocenters. The van der Waals surface area contributed by atoms with E-state index >= 15 is 0 Å². The van der Waals surface area contributed by atoms with E-state index in [-0.39, 0.29) is 21.1 Å². The summed E-state index contributed by atoms with van der Waals surface area (Å²) in [5.41, 5.74) is 0.716. The van der Waals surface area contributed by atoms with Crippen molar-refractivity contribution in [3.63, 3.8) is 0 Å². The molecule has 5 nitrogen and oxygen atoms in total. The summed E-state index contributed by atoms with van der Waals surface area (Å²) in [5.74, 6) is -0.618. The Bertz CT molecular complexity index is 952. The third kappa shape index (κ3) is 5.88. The third-order valence-corrected chi connectivity index (χ3v) is 8.15. The lowest BCUT2D eigenvalue weighted by Gasteiger charge is -2.28. The van der Waals surface area contributed by atoms with E-state index in [1.165, 1.54) is 29.9 Å². The van der Waals surface area contributed by atoms with E-state index < -0.39 is 5.92 Å². The molecule has 168 valence electrons. The van der Waals surface area contributed by atoms with Crippen LogP contribution in [0.1, 0.15) is 43.6 Å². The number of alkyl halides is 1. The van der Waals surface area contributed by atoms with Crippen LogP contribution in [-0.2, 0) is 9.59 Å². The largest absolute Gasteiger partial charge is 0.366 e. The smallest absolute Gasteiger partial charge is 0.244 e. The molecule has 1 aromatic carbocycles. The molecule has 1 amide bonds. The number of carbonyl (C=O) groups excluding carboxylic acids is 2. The fraction of sp³-hybridized carbons (Fsp3) is 0.375. The zero-order chi connectivity index (χ0) is 22.3. The maximum Gasteiger partial charge on any atom is 0.244 e. The molecule has 4 rings (SSSR count). The summed E-state index contributed by atoms with van der Waals surface area (Å²) in [6.07, 6.45) is 9.05. The highest BCUT2D eigenvalue weighted by atomic mass is 35.5. The molecule has 0 radical (unpaired) electrons. The Morgan fingerprint density at radius 2 is 1.88 bits per heavy atom. The number of carbonyl (C=O) groups is 2. The molecule has 1 saturated carbocycles. The van der Waals surface area contributed by atoms with E-state index in [1.807, 2.05) is 48.7 Å². The number of pyridine rings is 1. The number of thioether (sulfide) groups is 2. The van der Waals surface area contributed by atoms with Gasteiger partial charge in [0.2, 0.25) is 11.0 Å². The average molecular weight is 488 g/mol. The summed E-state index contributed by atoms with van der Waals surface area (Å²) in [5, 5.41) is 3.24. The Balaban J connectivity index is 1.63. The summed E-state index contributed by atoms with van der Waals surface area (Å²) < 4.78 is 0. The Hall–Kier alpha value is -1.96. The first-order chi connectivity index (χ1) is 15.6. The molecule has 0 spiro atoms. The second-order valence-corrected chi connectivity index (χ2v) is 11.1. The number of nitrogens with zero attached hydrogens (tertiary/aromatic N) is 2. The molecule has 32 heavy (non-hydrogen) atoms. The fourth-order valence-electron chi connectivity index (χ4n) is 3.98. The van der Waals surface area contributed by atoms with Gasteiger partial charge in [0.05, 0.1) is 6.54 Å². The van der Waals surface area contributed by atoms with Gasteiger partial charge < -0.3 is 5.32 Å². The summed E-state index contributed by atoms with van der Waals surface area (Å²) in [7, 11) is 0. The van der Waals surface area contributed by atoms with Gasteiger partial charge in [-0.15, -0.1) is 0 Å². The number of aromatic nitrogens is 1. The first-order valence-corrected chi connectivity index (χ1v) is 13.0. The molecule has 1 aromatic heterocycles. The highest BCUT2D eigenvalue weighted by Gasteiger charge is 2.36. The standard InChI is InChI=1S/C24H26ClN3O2S2/c25-24-27-15-19(32-24)16-28(20-13-7-8-14-26-20)22(29)21(17-9-3-1-4-10-17)23(30)31-18-11-5-2-6-12-18/h1,3-4,7-10,13-15,18,21,24,27H,2,5-6,11-12,16H2. The van der Waals surface area contributed by atoms with E-state index in [1.54, 1.807) is 17.2 Å². The van der Waals surface area contributed by atoms with Gasteiger partial charge in [0.15, 0.2) is 4.83 Å². The van der Waals surface area contributed by atoms with Crippen LogP contribution in [0.3, 0.4) is 0 Å². The molecule has 2 aromatic rings. The van der Waals surface area contributed by atoms with Crippen molar-refractivity contribution >= 4 is 52.0 Å². The second-order valence-electron chi connectivity index (χ2n) is 7.86. The quantitative estimate of drug-likeness (QED) is 0.316. The van der Waals surface area contributed by atoms with Crippen molar-refractivity contribution in [2.24, 2.45) is 0 Å². The van der Waals surface area contributed by atoms with Gasteiger partial charge in [0.25, 0.3) is 0 Å². The number of halogens is 1. The minimum Gasteiger partial charge on any atom is -0.366 e. The lowest BCUT2D eigenvalue weighted by molar-refractivity contribution is -0.125. The van der Waals surface area contributed by atoms with Crippen molar-refractivity contribution in [2.75, 3.05) is 11.4 Å². The predicted octanol–water partition coefficient (Wildman–Crippen LogP) is 5.49. The van der Waals surface area contributed by atoms with Crippen molar-refractivity contribution in [3.05, 3.63) is 71.4 Å². The summed E-state index contributed by atoms with van der Waals surface area (Å²) in [6, 6.07) is 14.8. The third-order valence-electron chi connectivity index (χ3n) is 5.59. The van der Waals surface area contributed by atoms with Crippen LogP contribution < -0.4 is 10.2 Å². The van der Waals surface area contributed by atoms with Crippen LogP contribution in [-0.4, -0.2) is 32.6 Å². The van der Waals surface area contributed by atoms with Crippen LogP contribution >= 0.6 is 35.1 Å². The highest BCUT2D eigenvalue weighted by Crippen LogP contribution is 2.36. The molecule has 1 fully saturated rings. The van der Waals surface area contributed by atoms with Gasteiger partial charge >= 0.3 is 0 Å². The molecular formula is C24H26ClN3O2S2. The van der Waals surface area contributed by atoms with E-state index in [0.29, 0.717) is 17.9 Å². The van der Waals surface area contributed by atoms with E-state index in [9.17, 15) is 9.59 Å². The monoisotopic (exact) mass is 487 g/mol. The lowest BCUT2D eigenvalue weighted by Crippen LogP contribution is -2.39. The van der Waals surface area contributed by atoms with Gasteiger partial charge in [-0.05, 0) is 30.5 Å².